The van der Waals surface area contributed by atoms with E-state index in [1.807, 2.05) is 6.07 Å². The van der Waals surface area contributed by atoms with Crippen molar-refractivity contribution in [2.75, 3.05) is 19.7 Å². The molecule has 1 aromatic rings. The molecule has 5 heteroatoms. The zero-order chi connectivity index (χ0) is 13.5. The number of hydrogen-bond donors (Lipinski definition) is 2. The molecule has 1 atom stereocenters. The summed E-state index contributed by atoms with van der Waals surface area (Å²) in [7, 11) is 0. The van der Waals surface area contributed by atoms with Gasteiger partial charge in [-0.25, -0.2) is 4.39 Å². The van der Waals surface area contributed by atoms with Crippen molar-refractivity contribution in [2.24, 2.45) is 0 Å². The first-order valence-electron chi connectivity index (χ1n) is 6.62. The summed E-state index contributed by atoms with van der Waals surface area (Å²) >= 11 is 5.17. The monoisotopic (exact) mass is 282 g/mol. The lowest BCUT2D eigenvalue weighted by molar-refractivity contribution is 0.114. The standard InChI is InChI=1S/C14H19FN2OS/c15-13-6-2-1-4-11(13)7-8-16-14(19)17-10-12-5-3-9-18-12/h1-2,4,6,12H,3,5,7-10H2,(H2,16,17,19)/t12-/m0/s1. The van der Waals surface area contributed by atoms with Gasteiger partial charge in [-0.05, 0) is 43.1 Å². The number of benzene rings is 1. The predicted octanol–water partition coefficient (Wildman–Crippen LogP) is 2.01. The molecule has 3 nitrogen and oxygen atoms in total. The van der Waals surface area contributed by atoms with Crippen molar-refractivity contribution in [1.82, 2.24) is 10.6 Å². The highest BCUT2D eigenvalue weighted by molar-refractivity contribution is 7.80. The minimum Gasteiger partial charge on any atom is -0.376 e. The van der Waals surface area contributed by atoms with E-state index >= 15 is 0 Å². The second-order valence-electron chi connectivity index (χ2n) is 4.61. The van der Waals surface area contributed by atoms with E-state index in [4.69, 9.17) is 17.0 Å². The first-order chi connectivity index (χ1) is 9.25. The third-order valence-electron chi connectivity index (χ3n) is 3.15. The van der Waals surface area contributed by atoms with Gasteiger partial charge in [0, 0.05) is 19.7 Å². The first-order valence-corrected chi connectivity index (χ1v) is 7.03. The fourth-order valence-corrected chi connectivity index (χ4v) is 2.27. The van der Waals surface area contributed by atoms with Gasteiger partial charge in [0.1, 0.15) is 5.82 Å². The number of rotatable bonds is 5. The third-order valence-corrected chi connectivity index (χ3v) is 3.44. The molecule has 2 N–H and O–H groups in total. The highest BCUT2D eigenvalue weighted by Gasteiger charge is 2.15. The van der Waals surface area contributed by atoms with Crippen LogP contribution in [0.1, 0.15) is 18.4 Å². The lowest BCUT2D eigenvalue weighted by atomic mass is 10.1. The van der Waals surface area contributed by atoms with Crippen LogP contribution in [-0.4, -0.2) is 30.9 Å². The van der Waals surface area contributed by atoms with Gasteiger partial charge >= 0.3 is 0 Å². The molecule has 0 amide bonds. The molecule has 1 aromatic carbocycles. The van der Waals surface area contributed by atoms with Gasteiger partial charge in [0.15, 0.2) is 5.11 Å². The largest absolute Gasteiger partial charge is 0.376 e. The van der Waals surface area contributed by atoms with Gasteiger partial charge in [0.25, 0.3) is 0 Å². The topological polar surface area (TPSA) is 33.3 Å². The van der Waals surface area contributed by atoms with Crippen LogP contribution in [0.25, 0.3) is 0 Å². The summed E-state index contributed by atoms with van der Waals surface area (Å²) in [5.74, 6) is -0.164. The van der Waals surface area contributed by atoms with Crippen LogP contribution in [0.5, 0.6) is 0 Å². The Kier molecular flexibility index (Phi) is 5.54. The summed E-state index contributed by atoms with van der Waals surface area (Å²) in [6.07, 6.45) is 3.10. The Hall–Kier alpha value is -1.20. The lowest BCUT2D eigenvalue weighted by Gasteiger charge is -2.14. The summed E-state index contributed by atoms with van der Waals surface area (Å²) in [5.41, 5.74) is 0.705. The molecule has 0 aliphatic carbocycles. The van der Waals surface area contributed by atoms with E-state index < -0.39 is 0 Å². The average molecular weight is 282 g/mol. The van der Waals surface area contributed by atoms with Crippen molar-refractivity contribution >= 4 is 17.3 Å². The van der Waals surface area contributed by atoms with E-state index in [2.05, 4.69) is 10.6 Å². The van der Waals surface area contributed by atoms with E-state index in [9.17, 15) is 4.39 Å². The third kappa shape index (κ3) is 4.76. The number of nitrogens with one attached hydrogen (secondary N) is 2. The van der Waals surface area contributed by atoms with E-state index in [-0.39, 0.29) is 11.9 Å². The van der Waals surface area contributed by atoms with Crippen molar-refractivity contribution in [3.05, 3.63) is 35.6 Å². The van der Waals surface area contributed by atoms with Crippen LogP contribution in [0.2, 0.25) is 0 Å². The quantitative estimate of drug-likeness (QED) is 0.810. The Bertz CT molecular complexity index is 422. The van der Waals surface area contributed by atoms with Crippen LogP contribution < -0.4 is 10.6 Å². The SMILES string of the molecule is Fc1ccccc1CCNC(=S)NC[C@@H]1CCCO1. The second kappa shape index (κ2) is 7.40. The zero-order valence-corrected chi connectivity index (χ0v) is 11.6. The fraction of sp³-hybridized carbons (Fsp3) is 0.500. The van der Waals surface area contributed by atoms with Gasteiger partial charge in [-0.2, -0.15) is 0 Å². The Morgan fingerprint density at radius 1 is 1.37 bits per heavy atom. The van der Waals surface area contributed by atoms with Crippen LogP contribution >= 0.6 is 12.2 Å². The van der Waals surface area contributed by atoms with Crippen molar-refractivity contribution in [3.8, 4) is 0 Å². The Morgan fingerprint density at radius 2 is 2.21 bits per heavy atom. The van der Waals surface area contributed by atoms with E-state index in [0.717, 1.165) is 26.0 Å². The van der Waals surface area contributed by atoms with Crippen LogP contribution in [0.3, 0.4) is 0 Å². The second-order valence-corrected chi connectivity index (χ2v) is 5.02. The molecule has 1 fully saturated rings. The maximum Gasteiger partial charge on any atom is 0.166 e. The number of halogens is 1. The summed E-state index contributed by atoms with van der Waals surface area (Å²) in [4.78, 5) is 0. The maximum atomic E-state index is 13.4. The maximum absolute atomic E-state index is 13.4. The molecule has 0 spiro atoms. The van der Waals surface area contributed by atoms with Crippen LogP contribution in [0.15, 0.2) is 24.3 Å². The molecule has 104 valence electrons. The van der Waals surface area contributed by atoms with E-state index in [0.29, 0.717) is 23.6 Å². The van der Waals surface area contributed by atoms with Gasteiger partial charge in [0.05, 0.1) is 6.10 Å². The molecule has 0 aromatic heterocycles. The fourth-order valence-electron chi connectivity index (χ4n) is 2.09. The Labute approximate surface area is 118 Å². The lowest BCUT2D eigenvalue weighted by Crippen LogP contribution is -2.40. The van der Waals surface area contributed by atoms with Crippen molar-refractivity contribution in [3.63, 3.8) is 0 Å². The summed E-state index contributed by atoms with van der Waals surface area (Å²) in [6.45, 7) is 2.21. The van der Waals surface area contributed by atoms with Gasteiger partial charge in [-0.3, -0.25) is 0 Å². The van der Waals surface area contributed by atoms with Crippen LogP contribution in [0, 0.1) is 5.82 Å². The molecule has 19 heavy (non-hydrogen) atoms. The van der Waals surface area contributed by atoms with E-state index in [1.54, 1.807) is 12.1 Å². The number of ether oxygens (including phenoxy) is 1. The van der Waals surface area contributed by atoms with Gasteiger partial charge in [-0.1, -0.05) is 18.2 Å². The number of hydrogen-bond acceptors (Lipinski definition) is 2. The summed E-state index contributed by atoms with van der Waals surface area (Å²) < 4.78 is 18.9. The zero-order valence-electron chi connectivity index (χ0n) is 10.8. The molecule has 0 saturated carbocycles. The highest BCUT2D eigenvalue weighted by atomic mass is 32.1. The van der Waals surface area contributed by atoms with Crippen molar-refractivity contribution in [2.45, 2.75) is 25.4 Å². The molecule has 0 bridgehead atoms. The Morgan fingerprint density at radius 3 is 2.95 bits per heavy atom. The molecular weight excluding hydrogens is 263 g/mol. The molecule has 0 unspecified atom stereocenters. The predicted molar refractivity (Wildman–Crippen MR) is 77.7 cm³/mol. The van der Waals surface area contributed by atoms with Gasteiger partial charge in [0.2, 0.25) is 0 Å². The highest BCUT2D eigenvalue weighted by Crippen LogP contribution is 2.10. The Balaban J connectivity index is 1.62. The molecule has 2 rings (SSSR count). The van der Waals surface area contributed by atoms with Crippen molar-refractivity contribution < 1.29 is 9.13 Å². The molecule has 1 aliphatic heterocycles. The molecule has 1 heterocycles. The van der Waals surface area contributed by atoms with E-state index in [1.165, 1.54) is 6.07 Å². The van der Waals surface area contributed by atoms with Crippen molar-refractivity contribution in [1.29, 1.82) is 0 Å². The normalized spacial score (nSPS) is 18.3. The molecule has 0 radical (unpaired) electrons. The average Bonchev–Trinajstić information content (AvgIpc) is 2.92. The minimum absolute atomic E-state index is 0.164. The van der Waals surface area contributed by atoms with Crippen LogP contribution in [-0.2, 0) is 11.2 Å². The van der Waals surface area contributed by atoms with Crippen LogP contribution in [0.4, 0.5) is 4.39 Å². The molecule has 1 aliphatic rings. The number of thiocarbonyl (C=S) groups is 1. The smallest absolute Gasteiger partial charge is 0.166 e. The first kappa shape index (κ1) is 14.2. The summed E-state index contributed by atoms with van der Waals surface area (Å²) in [6, 6.07) is 6.80. The van der Waals surface area contributed by atoms with Gasteiger partial charge in [-0.15, -0.1) is 0 Å². The van der Waals surface area contributed by atoms with Gasteiger partial charge < -0.3 is 15.4 Å². The molecular formula is C14H19FN2OS. The minimum atomic E-state index is -0.164. The molecule has 1 saturated heterocycles. The summed E-state index contributed by atoms with van der Waals surface area (Å²) in [5, 5.41) is 6.81.